The van der Waals surface area contributed by atoms with Crippen LogP contribution in [-0.2, 0) is 6.54 Å². The topological polar surface area (TPSA) is 68.5 Å². The molecule has 7 heteroatoms. The Morgan fingerprint density at radius 1 is 1.35 bits per heavy atom. The second-order valence-corrected chi connectivity index (χ2v) is 5.04. The summed E-state index contributed by atoms with van der Waals surface area (Å²) in [4.78, 5) is 8.69. The van der Waals surface area contributed by atoms with E-state index < -0.39 is 0 Å². The van der Waals surface area contributed by atoms with Crippen LogP contribution in [0.1, 0.15) is 5.56 Å². The molecule has 0 amide bonds. The second kappa shape index (κ2) is 5.56. The minimum absolute atomic E-state index is 0.696. The first kappa shape index (κ1) is 13.0. The maximum absolute atomic E-state index is 4.48. The lowest BCUT2D eigenvalue weighted by Gasteiger charge is -2.05. The summed E-state index contributed by atoms with van der Waals surface area (Å²) in [5, 5.41) is 12.1. The van der Waals surface area contributed by atoms with Gasteiger partial charge in [0.15, 0.2) is 16.3 Å². The Morgan fingerprint density at radius 3 is 3.05 bits per heavy atom. The number of aromatic nitrogens is 5. The van der Waals surface area contributed by atoms with E-state index in [1.807, 2.05) is 25.4 Å². The van der Waals surface area contributed by atoms with Crippen molar-refractivity contribution in [1.29, 1.82) is 0 Å². The van der Waals surface area contributed by atoms with Crippen molar-refractivity contribution >= 4 is 22.9 Å². The third-order valence-corrected chi connectivity index (χ3v) is 3.45. The van der Waals surface area contributed by atoms with E-state index in [1.54, 1.807) is 10.9 Å². The van der Waals surface area contributed by atoms with E-state index in [4.69, 9.17) is 0 Å². The van der Waals surface area contributed by atoms with Gasteiger partial charge in [0.2, 0.25) is 0 Å². The van der Waals surface area contributed by atoms with Gasteiger partial charge >= 0.3 is 0 Å². The molecular weight excluding hydrogens is 272 g/mol. The summed E-state index contributed by atoms with van der Waals surface area (Å²) in [5.41, 5.74) is 3.56. The van der Waals surface area contributed by atoms with Crippen molar-refractivity contribution in [2.45, 2.75) is 11.7 Å². The number of hydrogen-bond acceptors (Lipinski definition) is 6. The highest BCUT2D eigenvalue weighted by atomic mass is 32.2. The Morgan fingerprint density at radius 2 is 2.25 bits per heavy atom. The van der Waals surface area contributed by atoms with Crippen molar-refractivity contribution in [3.63, 3.8) is 0 Å². The SMILES string of the molecule is CNCc1cccc(-n2nnc3cnc(SC)nc32)c1. The highest BCUT2D eigenvalue weighted by molar-refractivity contribution is 7.98. The maximum atomic E-state index is 4.48. The molecule has 2 aromatic heterocycles. The van der Waals surface area contributed by atoms with Gasteiger partial charge in [-0.05, 0) is 31.0 Å². The summed E-state index contributed by atoms with van der Waals surface area (Å²) in [6.45, 7) is 0.811. The smallest absolute Gasteiger partial charge is 0.189 e. The van der Waals surface area contributed by atoms with Crippen LogP contribution in [0.25, 0.3) is 16.9 Å². The standard InChI is InChI=1S/C13H14N6S/c1-14-7-9-4-3-5-10(6-9)19-12-11(17-18-19)8-15-13(16-12)20-2/h3-6,8,14H,7H2,1-2H3. The van der Waals surface area contributed by atoms with Crippen LogP contribution >= 0.6 is 11.8 Å². The summed E-state index contributed by atoms with van der Waals surface area (Å²) >= 11 is 1.50. The summed E-state index contributed by atoms with van der Waals surface area (Å²) in [6.07, 6.45) is 3.65. The van der Waals surface area contributed by atoms with Crippen LogP contribution in [-0.4, -0.2) is 38.3 Å². The van der Waals surface area contributed by atoms with Crippen LogP contribution in [0.5, 0.6) is 0 Å². The Balaban J connectivity index is 2.11. The van der Waals surface area contributed by atoms with Crippen molar-refractivity contribution in [3.8, 4) is 5.69 Å². The van der Waals surface area contributed by atoms with Gasteiger partial charge in [-0.15, -0.1) is 5.10 Å². The van der Waals surface area contributed by atoms with Crippen LogP contribution in [0.4, 0.5) is 0 Å². The van der Waals surface area contributed by atoms with Crippen molar-refractivity contribution in [3.05, 3.63) is 36.0 Å². The molecule has 0 atom stereocenters. The molecule has 3 aromatic rings. The third-order valence-electron chi connectivity index (χ3n) is 2.89. The summed E-state index contributed by atoms with van der Waals surface area (Å²) < 4.78 is 1.75. The fourth-order valence-corrected chi connectivity index (χ4v) is 2.32. The van der Waals surface area contributed by atoms with Gasteiger partial charge in [0, 0.05) is 6.54 Å². The Kier molecular flexibility index (Phi) is 3.62. The largest absolute Gasteiger partial charge is 0.316 e. The van der Waals surface area contributed by atoms with Crippen LogP contribution in [0.15, 0.2) is 35.6 Å². The molecule has 1 N–H and O–H groups in total. The van der Waals surface area contributed by atoms with E-state index in [2.05, 4.69) is 37.7 Å². The van der Waals surface area contributed by atoms with Gasteiger partial charge in [0.05, 0.1) is 11.9 Å². The normalized spacial score (nSPS) is 11.1. The predicted molar refractivity (Wildman–Crippen MR) is 79.0 cm³/mol. The average Bonchev–Trinajstić information content (AvgIpc) is 2.90. The first-order chi connectivity index (χ1) is 9.81. The lowest BCUT2D eigenvalue weighted by atomic mass is 10.2. The molecule has 0 radical (unpaired) electrons. The maximum Gasteiger partial charge on any atom is 0.189 e. The molecule has 20 heavy (non-hydrogen) atoms. The molecule has 0 saturated heterocycles. The molecule has 0 bridgehead atoms. The van der Waals surface area contributed by atoms with E-state index in [0.29, 0.717) is 10.7 Å². The Bertz CT molecular complexity index is 739. The average molecular weight is 286 g/mol. The number of nitrogens with one attached hydrogen (secondary N) is 1. The first-order valence-electron chi connectivity index (χ1n) is 6.18. The lowest BCUT2D eigenvalue weighted by Crippen LogP contribution is -2.06. The molecular formula is C13H14N6S. The van der Waals surface area contributed by atoms with Crippen LogP contribution in [0.2, 0.25) is 0 Å². The first-order valence-corrected chi connectivity index (χ1v) is 7.40. The summed E-state index contributed by atoms with van der Waals surface area (Å²) in [5.74, 6) is 0. The minimum Gasteiger partial charge on any atom is -0.316 e. The number of thioether (sulfide) groups is 1. The van der Waals surface area contributed by atoms with Gasteiger partial charge in [-0.25, -0.2) is 9.97 Å². The molecule has 102 valence electrons. The zero-order valence-corrected chi connectivity index (χ0v) is 12.1. The summed E-state index contributed by atoms with van der Waals surface area (Å²) in [6, 6.07) is 8.15. The van der Waals surface area contributed by atoms with E-state index in [9.17, 15) is 0 Å². The number of benzene rings is 1. The fraction of sp³-hybridized carbons (Fsp3) is 0.231. The van der Waals surface area contributed by atoms with Crippen LogP contribution in [0, 0.1) is 0 Å². The molecule has 2 heterocycles. The molecule has 0 aliphatic rings. The number of nitrogens with zero attached hydrogens (tertiary/aromatic N) is 5. The van der Waals surface area contributed by atoms with Crippen LogP contribution < -0.4 is 5.32 Å². The zero-order chi connectivity index (χ0) is 13.9. The van der Waals surface area contributed by atoms with E-state index in [0.717, 1.165) is 17.9 Å². The van der Waals surface area contributed by atoms with Crippen molar-refractivity contribution in [2.75, 3.05) is 13.3 Å². The molecule has 0 fully saturated rings. The molecule has 0 unspecified atom stereocenters. The monoisotopic (exact) mass is 286 g/mol. The van der Waals surface area contributed by atoms with E-state index >= 15 is 0 Å². The molecule has 0 spiro atoms. The molecule has 0 saturated carbocycles. The molecule has 1 aromatic carbocycles. The molecule has 3 rings (SSSR count). The molecule has 6 nitrogen and oxygen atoms in total. The third kappa shape index (κ3) is 2.37. The fourth-order valence-electron chi connectivity index (χ4n) is 1.99. The highest BCUT2D eigenvalue weighted by Gasteiger charge is 2.10. The zero-order valence-electron chi connectivity index (χ0n) is 11.2. The molecule has 0 aliphatic heterocycles. The van der Waals surface area contributed by atoms with Gasteiger partial charge in [-0.1, -0.05) is 29.1 Å². The lowest BCUT2D eigenvalue weighted by molar-refractivity contribution is 0.796. The minimum atomic E-state index is 0.696. The number of rotatable bonds is 4. The van der Waals surface area contributed by atoms with Gasteiger partial charge in [0.25, 0.3) is 0 Å². The van der Waals surface area contributed by atoms with Gasteiger partial charge in [-0.3, -0.25) is 0 Å². The van der Waals surface area contributed by atoms with Crippen molar-refractivity contribution in [2.24, 2.45) is 0 Å². The quantitative estimate of drug-likeness (QED) is 0.581. The van der Waals surface area contributed by atoms with E-state index in [1.165, 1.54) is 17.3 Å². The molecule has 0 aliphatic carbocycles. The summed E-state index contributed by atoms with van der Waals surface area (Å²) in [7, 11) is 1.93. The number of hydrogen-bond donors (Lipinski definition) is 1. The highest BCUT2D eigenvalue weighted by Crippen LogP contribution is 2.17. The Hall–Kier alpha value is -1.99. The second-order valence-electron chi connectivity index (χ2n) is 4.27. The Labute approximate surface area is 120 Å². The van der Waals surface area contributed by atoms with Gasteiger partial charge < -0.3 is 5.32 Å². The van der Waals surface area contributed by atoms with Crippen molar-refractivity contribution in [1.82, 2.24) is 30.3 Å². The number of fused-ring (bicyclic) bond motifs is 1. The van der Waals surface area contributed by atoms with Crippen molar-refractivity contribution < 1.29 is 0 Å². The predicted octanol–water partition coefficient (Wildman–Crippen LogP) is 1.65. The van der Waals surface area contributed by atoms with E-state index in [-0.39, 0.29) is 0 Å². The van der Waals surface area contributed by atoms with Crippen LogP contribution in [0.3, 0.4) is 0 Å². The van der Waals surface area contributed by atoms with Gasteiger partial charge in [-0.2, -0.15) is 4.68 Å². The van der Waals surface area contributed by atoms with Gasteiger partial charge in [0.1, 0.15) is 0 Å².